The number of sulfone groups is 1. The van der Waals surface area contributed by atoms with Gasteiger partial charge < -0.3 is 15.0 Å². The van der Waals surface area contributed by atoms with E-state index in [-0.39, 0.29) is 5.75 Å². The Morgan fingerprint density at radius 2 is 2.04 bits per heavy atom. The molecular weight excluding hydrogens is 314 g/mol. The van der Waals surface area contributed by atoms with Gasteiger partial charge in [0.05, 0.1) is 10.5 Å². The highest BCUT2D eigenvalue weighted by Gasteiger charge is 2.40. The summed E-state index contributed by atoms with van der Waals surface area (Å²) in [6, 6.07) is 0. The van der Waals surface area contributed by atoms with Gasteiger partial charge in [-0.2, -0.15) is 0 Å². The lowest BCUT2D eigenvalue weighted by Crippen LogP contribution is -2.57. The van der Waals surface area contributed by atoms with E-state index >= 15 is 0 Å². The molecule has 0 radical (unpaired) electrons. The van der Waals surface area contributed by atoms with E-state index in [9.17, 15) is 8.42 Å². The molecular formula is C16H31N3O3S. The molecule has 0 unspecified atom stereocenters. The topological polar surface area (TPSA) is 71.0 Å². The summed E-state index contributed by atoms with van der Waals surface area (Å²) in [5.74, 6) is 1.75. The van der Waals surface area contributed by atoms with Crippen molar-refractivity contribution in [3.05, 3.63) is 0 Å². The zero-order valence-electron chi connectivity index (χ0n) is 14.7. The van der Waals surface area contributed by atoms with Gasteiger partial charge in [0.15, 0.2) is 15.8 Å². The largest absolute Gasteiger partial charge is 0.381 e. The summed E-state index contributed by atoms with van der Waals surface area (Å²) >= 11 is 0. The fourth-order valence-corrected chi connectivity index (χ4v) is 4.50. The van der Waals surface area contributed by atoms with E-state index in [4.69, 9.17) is 9.73 Å². The molecule has 2 rings (SSSR count). The molecule has 1 N–H and O–H groups in total. The molecule has 7 heteroatoms. The highest BCUT2D eigenvalue weighted by molar-refractivity contribution is 7.92. The van der Waals surface area contributed by atoms with Crippen LogP contribution in [0.5, 0.6) is 0 Å². The number of ether oxygens (including phenoxy) is 1. The van der Waals surface area contributed by atoms with Crippen molar-refractivity contribution in [2.75, 3.05) is 45.1 Å². The Kier molecular flexibility index (Phi) is 6.31. The van der Waals surface area contributed by atoms with E-state index in [0.717, 1.165) is 51.5 Å². The maximum Gasteiger partial charge on any atom is 0.193 e. The monoisotopic (exact) mass is 345 g/mol. The Labute approximate surface area is 140 Å². The molecule has 23 heavy (non-hydrogen) atoms. The van der Waals surface area contributed by atoms with Gasteiger partial charge in [0.2, 0.25) is 0 Å². The van der Waals surface area contributed by atoms with Gasteiger partial charge in [0.1, 0.15) is 0 Å². The van der Waals surface area contributed by atoms with Crippen molar-refractivity contribution in [2.45, 2.75) is 44.8 Å². The number of nitrogens with one attached hydrogen (secondary N) is 1. The molecule has 0 aromatic rings. The van der Waals surface area contributed by atoms with Gasteiger partial charge in [-0.15, -0.1) is 0 Å². The molecule has 2 saturated heterocycles. The summed E-state index contributed by atoms with van der Waals surface area (Å²) in [7, 11) is -3.02. The standard InChI is InChI=1S/C16H31N3O3S/c1-4-17-15(18-8-5-14-6-10-22-11-7-14)19-9-12-23(20,21)16(2,3)13-19/h14H,4-13H2,1-3H3,(H,17,18). The van der Waals surface area contributed by atoms with Gasteiger partial charge in [-0.05, 0) is 46.0 Å². The quantitative estimate of drug-likeness (QED) is 0.614. The lowest BCUT2D eigenvalue weighted by atomic mass is 9.97. The molecule has 0 aromatic carbocycles. The summed E-state index contributed by atoms with van der Waals surface area (Å²) in [4.78, 5) is 6.83. The van der Waals surface area contributed by atoms with E-state index in [1.807, 2.05) is 6.92 Å². The summed E-state index contributed by atoms with van der Waals surface area (Å²) in [6.45, 7) is 9.99. The second-order valence-electron chi connectivity index (χ2n) is 7.08. The summed E-state index contributed by atoms with van der Waals surface area (Å²) in [5, 5.41) is 3.31. The number of rotatable bonds is 4. The van der Waals surface area contributed by atoms with Crippen molar-refractivity contribution in [3.8, 4) is 0 Å². The number of guanidine groups is 1. The third-order valence-corrected chi connectivity index (χ3v) is 7.35. The highest BCUT2D eigenvalue weighted by atomic mass is 32.2. The Bertz CT molecular complexity index is 511. The third kappa shape index (κ3) is 4.83. The Balaban J connectivity index is 1.95. The smallest absolute Gasteiger partial charge is 0.193 e. The van der Waals surface area contributed by atoms with Crippen molar-refractivity contribution in [3.63, 3.8) is 0 Å². The number of hydrogen-bond donors (Lipinski definition) is 1. The SMILES string of the molecule is CCNC(=NCCC1CCOCC1)N1CCS(=O)(=O)C(C)(C)C1. The lowest BCUT2D eigenvalue weighted by Gasteiger charge is -2.39. The van der Waals surface area contributed by atoms with Crippen molar-refractivity contribution >= 4 is 15.8 Å². The molecule has 0 bridgehead atoms. The average Bonchev–Trinajstić information content (AvgIpc) is 2.50. The molecule has 0 amide bonds. The van der Waals surface area contributed by atoms with Crippen LogP contribution in [-0.2, 0) is 14.6 Å². The maximum absolute atomic E-state index is 12.2. The summed E-state index contributed by atoms with van der Waals surface area (Å²) in [5.41, 5.74) is 0. The molecule has 134 valence electrons. The summed E-state index contributed by atoms with van der Waals surface area (Å²) < 4.78 is 29.0. The molecule has 2 fully saturated rings. The van der Waals surface area contributed by atoms with Crippen molar-refractivity contribution in [1.29, 1.82) is 0 Å². The molecule has 2 aliphatic rings. The van der Waals surface area contributed by atoms with Crippen molar-refractivity contribution in [2.24, 2.45) is 10.9 Å². The predicted molar refractivity (Wildman–Crippen MR) is 93.6 cm³/mol. The first-order chi connectivity index (χ1) is 10.9. The van der Waals surface area contributed by atoms with Crippen molar-refractivity contribution < 1.29 is 13.2 Å². The zero-order valence-corrected chi connectivity index (χ0v) is 15.5. The van der Waals surface area contributed by atoms with Crippen LogP contribution in [0.15, 0.2) is 4.99 Å². The Morgan fingerprint density at radius 1 is 1.35 bits per heavy atom. The summed E-state index contributed by atoms with van der Waals surface area (Å²) in [6.07, 6.45) is 3.33. The number of nitrogens with zero attached hydrogens (tertiary/aromatic N) is 2. The predicted octanol–water partition coefficient (Wildman–Crippen LogP) is 1.28. The average molecular weight is 346 g/mol. The second-order valence-corrected chi connectivity index (χ2v) is 9.82. The van der Waals surface area contributed by atoms with Crippen LogP contribution in [0.4, 0.5) is 0 Å². The first-order valence-electron chi connectivity index (χ1n) is 8.69. The van der Waals surface area contributed by atoms with Crippen LogP contribution in [0, 0.1) is 5.92 Å². The van der Waals surface area contributed by atoms with Gasteiger partial charge >= 0.3 is 0 Å². The third-order valence-electron chi connectivity index (χ3n) is 4.82. The zero-order chi connectivity index (χ0) is 16.9. The molecule has 0 atom stereocenters. The molecule has 0 saturated carbocycles. The van der Waals surface area contributed by atoms with E-state index < -0.39 is 14.6 Å². The number of aliphatic imine (C=N–C) groups is 1. The molecule has 6 nitrogen and oxygen atoms in total. The van der Waals surface area contributed by atoms with E-state index in [1.165, 1.54) is 0 Å². The fraction of sp³-hybridized carbons (Fsp3) is 0.938. The van der Waals surface area contributed by atoms with Gasteiger partial charge in [0, 0.05) is 39.4 Å². The van der Waals surface area contributed by atoms with Crippen LogP contribution in [0.3, 0.4) is 0 Å². The Hall–Kier alpha value is -0.820. The van der Waals surface area contributed by atoms with E-state index in [1.54, 1.807) is 13.8 Å². The minimum atomic E-state index is -3.02. The normalized spacial score (nSPS) is 25.3. The number of hydrogen-bond acceptors (Lipinski definition) is 4. The molecule has 2 aliphatic heterocycles. The Morgan fingerprint density at radius 3 is 2.65 bits per heavy atom. The molecule has 0 aliphatic carbocycles. The van der Waals surface area contributed by atoms with E-state index in [0.29, 0.717) is 19.0 Å². The molecule has 2 heterocycles. The van der Waals surface area contributed by atoms with Gasteiger partial charge in [-0.25, -0.2) is 8.42 Å². The first kappa shape index (κ1) is 18.5. The van der Waals surface area contributed by atoms with Crippen LogP contribution >= 0.6 is 0 Å². The van der Waals surface area contributed by atoms with Crippen LogP contribution in [-0.4, -0.2) is 69.2 Å². The van der Waals surface area contributed by atoms with Crippen LogP contribution in [0.1, 0.15) is 40.0 Å². The van der Waals surface area contributed by atoms with Gasteiger partial charge in [-0.3, -0.25) is 4.99 Å². The van der Waals surface area contributed by atoms with Crippen LogP contribution in [0.2, 0.25) is 0 Å². The van der Waals surface area contributed by atoms with Crippen LogP contribution in [0.25, 0.3) is 0 Å². The van der Waals surface area contributed by atoms with Crippen molar-refractivity contribution in [1.82, 2.24) is 10.2 Å². The fourth-order valence-electron chi connectivity index (χ4n) is 3.14. The second kappa shape index (κ2) is 7.83. The minimum absolute atomic E-state index is 0.199. The first-order valence-corrected chi connectivity index (χ1v) is 10.3. The molecule has 0 spiro atoms. The molecule has 0 aromatic heterocycles. The lowest BCUT2D eigenvalue weighted by molar-refractivity contribution is 0.0646. The van der Waals surface area contributed by atoms with E-state index in [2.05, 4.69) is 10.2 Å². The van der Waals surface area contributed by atoms with Crippen LogP contribution < -0.4 is 5.32 Å². The van der Waals surface area contributed by atoms with Gasteiger partial charge in [0.25, 0.3) is 0 Å². The highest BCUT2D eigenvalue weighted by Crippen LogP contribution is 2.24. The van der Waals surface area contributed by atoms with Gasteiger partial charge in [-0.1, -0.05) is 0 Å². The minimum Gasteiger partial charge on any atom is -0.381 e. The maximum atomic E-state index is 12.2.